The third kappa shape index (κ3) is 5.32. The maximum atomic E-state index is 12.2. The molecular weight excluding hydrogens is 370 g/mol. The zero-order chi connectivity index (χ0) is 20.8. The number of imide groups is 1. The number of carbonyl (C=O) groups is 2. The summed E-state index contributed by atoms with van der Waals surface area (Å²) in [5.74, 6) is 0.237. The first-order valence-corrected chi connectivity index (χ1v) is 9.33. The molecule has 0 aliphatic carbocycles. The van der Waals surface area contributed by atoms with E-state index in [1.54, 1.807) is 12.1 Å². The Kier molecular flexibility index (Phi) is 6.46. The molecule has 152 valence electrons. The van der Waals surface area contributed by atoms with Crippen molar-refractivity contribution in [2.75, 3.05) is 13.6 Å². The van der Waals surface area contributed by atoms with Crippen molar-refractivity contribution in [3.63, 3.8) is 0 Å². The van der Waals surface area contributed by atoms with Crippen LogP contribution in [-0.2, 0) is 17.9 Å². The van der Waals surface area contributed by atoms with E-state index in [-0.39, 0.29) is 19.0 Å². The Bertz CT molecular complexity index is 964. The van der Waals surface area contributed by atoms with Crippen LogP contribution in [0, 0.1) is 13.8 Å². The molecule has 29 heavy (non-hydrogen) atoms. The number of rotatable bonds is 7. The van der Waals surface area contributed by atoms with Gasteiger partial charge in [-0.05, 0) is 45.2 Å². The third-order valence-corrected chi connectivity index (χ3v) is 4.54. The predicted octanol–water partition coefficient (Wildman–Crippen LogP) is 2.54. The molecule has 3 aromatic rings. The minimum atomic E-state index is -0.552. The van der Waals surface area contributed by atoms with E-state index in [0.717, 1.165) is 22.6 Å². The van der Waals surface area contributed by atoms with Crippen molar-refractivity contribution in [3.8, 4) is 5.69 Å². The fourth-order valence-corrected chi connectivity index (χ4v) is 3.09. The lowest BCUT2D eigenvalue weighted by Gasteiger charge is -2.16. The van der Waals surface area contributed by atoms with Gasteiger partial charge in [-0.1, -0.05) is 18.2 Å². The van der Waals surface area contributed by atoms with E-state index in [1.807, 2.05) is 60.8 Å². The molecule has 0 radical (unpaired) electrons. The second-order valence-electron chi connectivity index (χ2n) is 6.88. The number of likely N-dealkylation sites (N-methyl/N-ethyl adjacent to an activating group) is 1. The molecule has 2 heterocycles. The van der Waals surface area contributed by atoms with Gasteiger partial charge in [0, 0.05) is 17.8 Å². The summed E-state index contributed by atoms with van der Waals surface area (Å²) in [6.07, 6.45) is 1.53. The molecule has 0 atom stereocenters. The molecule has 1 aromatic carbocycles. The average molecular weight is 395 g/mol. The van der Waals surface area contributed by atoms with Gasteiger partial charge in [-0.15, -0.1) is 0 Å². The van der Waals surface area contributed by atoms with Crippen LogP contribution in [0.25, 0.3) is 5.69 Å². The summed E-state index contributed by atoms with van der Waals surface area (Å²) in [6.45, 7) is 4.82. The fourth-order valence-electron chi connectivity index (χ4n) is 3.09. The van der Waals surface area contributed by atoms with Crippen LogP contribution in [0.15, 0.2) is 53.1 Å². The Morgan fingerprint density at radius 1 is 1.14 bits per heavy atom. The van der Waals surface area contributed by atoms with Gasteiger partial charge in [0.25, 0.3) is 0 Å². The molecule has 0 bridgehead atoms. The number of hydrogen-bond acceptors (Lipinski definition) is 5. The number of nitrogens with zero attached hydrogens (tertiary/aromatic N) is 3. The molecule has 0 fully saturated rings. The highest BCUT2D eigenvalue weighted by Crippen LogP contribution is 2.19. The van der Waals surface area contributed by atoms with Crippen LogP contribution < -0.4 is 10.6 Å². The average Bonchev–Trinajstić information content (AvgIpc) is 3.30. The van der Waals surface area contributed by atoms with Gasteiger partial charge in [-0.3, -0.25) is 15.0 Å². The number of carbonyl (C=O) groups excluding carboxylic acids is 2. The van der Waals surface area contributed by atoms with Crippen LogP contribution in [0.4, 0.5) is 4.79 Å². The van der Waals surface area contributed by atoms with E-state index in [1.165, 1.54) is 6.26 Å². The van der Waals surface area contributed by atoms with Crippen molar-refractivity contribution in [3.05, 3.63) is 71.4 Å². The second kappa shape index (κ2) is 9.20. The van der Waals surface area contributed by atoms with Crippen molar-refractivity contribution < 1.29 is 14.0 Å². The molecule has 0 spiro atoms. The molecular formula is C21H25N5O3. The predicted molar refractivity (Wildman–Crippen MR) is 108 cm³/mol. The van der Waals surface area contributed by atoms with Crippen molar-refractivity contribution >= 4 is 11.9 Å². The maximum Gasteiger partial charge on any atom is 0.321 e. The lowest BCUT2D eigenvalue weighted by molar-refractivity contribution is -0.121. The fraction of sp³-hybridized carbons (Fsp3) is 0.286. The Balaban J connectivity index is 1.53. The van der Waals surface area contributed by atoms with Crippen LogP contribution in [-0.4, -0.2) is 40.2 Å². The van der Waals surface area contributed by atoms with E-state index < -0.39 is 6.03 Å². The van der Waals surface area contributed by atoms with Crippen LogP contribution in [0.2, 0.25) is 0 Å². The van der Waals surface area contributed by atoms with E-state index in [4.69, 9.17) is 4.42 Å². The van der Waals surface area contributed by atoms with Crippen molar-refractivity contribution in [2.24, 2.45) is 0 Å². The highest BCUT2D eigenvalue weighted by atomic mass is 16.3. The van der Waals surface area contributed by atoms with E-state index in [0.29, 0.717) is 12.3 Å². The summed E-state index contributed by atoms with van der Waals surface area (Å²) in [7, 11) is 1.83. The molecule has 8 nitrogen and oxygen atoms in total. The highest BCUT2D eigenvalue weighted by molar-refractivity contribution is 5.95. The topological polar surface area (TPSA) is 92.4 Å². The van der Waals surface area contributed by atoms with Gasteiger partial charge in [-0.25, -0.2) is 9.48 Å². The van der Waals surface area contributed by atoms with Crippen LogP contribution in [0.1, 0.15) is 22.7 Å². The number of para-hydroxylation sites is 1. The van der Waals surface area contributed by atoms with Gasteiger partial charge in [0.05, 0.1) is 30.7 Å². The summed E-state index contributed by atoms with van der Waals surface area (Å²) in [5.41, 5.74) is 3.99. The number of urea groups is 1. The lowest BCUT2D eigenvalue weighted by Crippen LogP contribution is -2.43. The molecule has 3 amide bonds. The number of aromatic nitrogens is 2. The number of amides is 3. The minimum absolute atomic E-state index is 0.0869. The number of benzene rings is 1. The molecule has 2 aromatic heterocycles. The molecule has 0 unspecified atom stereocenters. The van der Waals surface area contributed by atoms with Gasteiger partial charge < -0.3 is 9.73 Å². The van der Waals surface area contributed by atoms with E-state index in [2.05, 4.69) is 15.7 Å². The van der Waals surface area contributed by atoms with Crippen LogP contribution in [0.5, 0.6) is 0 Å². The van der Waals surface area contributed by atoms with Gasteiger partial charge in [0.2, 0.25) is 5.91 Å². The second-order valence-corrected chi connectivity index (χ2v) is 6.88. The summed E-state index contributed by atoms with van der Waals surface area (Å²) in [4.78, 5) is 25.8. The standard InChI is InChI=1S/C21H25N5O3/c1-15-19(16(2)26(24-15)17-8-5-4-6-9-17)13-25(3)14-20(27)23-21(28)22-12-18-10-7-11-29-18/h4-11H,12-14H2,1-3H3,(H2,22,23,27,28). The number of hydrogen-bond donors (Lipinski definition) is 2. The van der Waals surface area contributed by atoms with Gasteiger partial charge >= 0.3 is 6.03 Å². The third-order valence-electron chi connectivity index (χ3n) is 4.54. The van der Waals surface area contributed by atoms with Crippen molar-refractivity contribution in [1.82, 2.24) is 25.3 Å². The Morgan fingerprint density at radius 2 is 1.90 bits per heavy atom. The van der Waals surface area contributed by atoms with E-state index in [9.17, 15) is 9.59 Å². The zero-order valence-electron chi connectivity index (χ0n) is 16.8. The van der Waals surface area contributed by atoms with Crippen molar-refractivity contribution in [2.45, 2.75) is 26.9 Å². The summed E-state index contributed by atoms with van der Waals surface area (Å²) >= 11 is 0. The zero-order valence-corrected chi connectivity index (χ0v) is 16.8. The first-order chi connectivity index (χ1) is 13.9. The highest BCUT2D eigenvalue weighted by Gasteiger charge is 2.17. The monoisotopic (exact) mass is 395 g/mol. The first kappa shape index (κ1) is 20.3. The van der Waals surface area contributed by atoms with Gasteiger partial charge in [0.1, 0.15) is 5.76 Å². The number of aryl methyl sites for hydroxylation is 1. The van der Waals surface area contributed by atoms with Crippen LogP contribution >= 0.6 is 0 Å². The SMILES string of the molecule is Cc1nn(-c2ccccc2)c(C)c1CN(C)CC(=O)NC(=O)NCc1ccco1. The summed E-state index contributed by atoms with van der Waals surface area (Å²) in [5, 5.41) is 9.53. The molecule has 0 saturated carbocycles. The largest absolute Gasteiger partial charge is 0.467 e. The molecule has 8 heteroatoms. The molecule has 0 saturated heterocycles. The Morgan fingerprint density at radius 3 is 2.59 bits per heavy atom. The quantitative estimate of drug-likeness (QED) is 0.641. The van der Waals surface area contributed by atoms with Crippen LogP contribution in [0.3, 0.4) is 0 Å². The number of furan rings is 1. The normalized spacial score (nSPS) is 10.9. The van der Waals surface area contributed by atoms with E-state index >= 15 is 0 Å². The van der Waals surface area contributed by atoms with Gasteiger partial charge in [-0.2, -0.15) is 5.10 Å². The molecule has 0 aliphatic heterocycles. The number of nitrogens with one attached hydrogen (secondary N) is 2. The lowest BCUT2D eigenvalue weighted by atomic mass is 10.2. The van der Waals surface area contributed by atoms with Gasteiger partial charge in [0.15, 0.2) is 0 Å². The Labute approximate surface area is 169 Å². The summed E-state index contributed by atoms with van der Waals surface area (Å²) in [6, 6.07) is 12.8. The first-order valence-electron chi connectivity index (χ1n) is 9.33. The maximum absolute atomic E-state index is 12.2. The van der Waals surface area contributed by atoms with Crippen molar-refractivity contribution in [1.29, 1.82) is 0 Å². The minimum Gasteiger partial charge on any atom is -0.467 e. The smallest absolute Gasteiger partial charge is 0.321 e. The molecule has 3 rings (SSSR count). The Hall–Kier alpha value is -3.39. The molecule has 0 aliphatic rings. The summed E-state index contributed by atoms with van der Waals surface area (Å²) < 4.78 is 7.04. The molecule has 2 N–H and O–H groups in total.